The molecule has 0 saturated heterocycles. The standard InChI is InChI=1S/C14H16N2O3S/c17-20(18,16-12-3-4-12)14-7-5-11(6-8-14)15-10-13-2-1-9-19-13/h1-2,5-9,12,15-16H,3-4,10H2. The van der Waals surface area contributed by atoms with E-state index in [0.29, 0.717) is 11.4 Å². The van der Waals surface area contributed by atoms with Crippen molar-refractivity contribution in [3.63, 3.8) is 0 Å². The molecule has 1 fully saturated rings. The Balaban J connectivity index is 1.64. The summed E-state index contributed by atoms with van der Waals surface area (Å²) in [6.45, 7) is 0.569. The predicted octanol–water partition coefficient (Wildman–Crippen LogP) is 2.33. The summed E-state index contributed by atoms with van der Waals surface area (Å²) >= 11 is 0. The zero-order chi connectivity index (χ0) is 14.0. The Labute approximate surface area is 118 Å². The van der Waals surface area contributed by atoms with Crippen LogP contribution in [-0.4, -0.2) is 14.5 Å². The fourth-order valence-electron chi connectivity index (χ4n) is 1.84. The lowest BCUT2D eigenvalue weighted by Crippen LogP contribution is -2.25. The molecule has 0 atom stereocenters. The molecule has 0 aliphatic heterocycles. The van der Waals surface area contributed by atoms with Crippen molar-refractivity contribution in [2.45, 2.75) is 30.3 Å². The lowest BCUT2D eigenvalue weighted by Gasteiger charge is -2.08. The summed E-state index contributed by atoms with van der Waals surface area (Å²) in [4.78, 5) is 0.299. The van der Waals surface area contributed by atoms with E-state index in [0.717, 1.165) is 24.3 Å². The molecule has 1 aliphatic rings. The third-order valence-electron chi connectivity index (χ3n) is 3.11. The van der Waals surface area contributed by atoms with Gasteiger partial charge in [-0.3, -0.25) is 0 Å². The SMILES string of the molecule is O=S(=O)(NC1CC1)c1ccc(NCc2ccco2)cc1. The number of rotatable bonds is 6. The minimum absolute atomic E-state index is 0.122. The van der Waals surface area contributed by atoms with Crippen molar-refractivity contribution in [1.82, 2.24) is 4.72 Å². The average molecular weight is 292 g/mol. The first-order chi connectivity index (χ1) is 9.63. The van der Waals surface area contributed by atoms with Crippen LogP contribution in [0.4, 0.5) is 5.69 Å². The quantitative estimate of drug-likeness (QED) is 0.857. The van der Waals surface area contributed by atoms with Crippen LogP contribution in [0.25, 0.3) is 0 Å². The van der Waals surface area contributed by atoms with Gasteiger partial charge in [-0.2, -0.15) is 0 Å². The van der Waals surface area contributed by atoms with Crippen LogP contribution < -0.4 is 10.0 Å². The molecule has 1 aromatic carbocycles. The summed E-state index contributed by atoms with van der Waals surface area (Å²) in [5.41, 5.74) is 0.853. The summed E-state index contributed by atoms with van der Waals surface area (Å²) in [5.74, 6) is 0.831. The minimum atomic E-state index is -3.37. The Morgan fingerprint density at radius 2 is 1.90 bits per heavy atom. The second-order valence-corrected chi connectivity index (χ2v) is 6.57. The third kappa shape index (κ3) is 3.20. The van der Waals surface area contributed by atoms with Crippen LogP contribution in [0.2, 0.25) is 0 Å². The van der Waals surface area contributed by atoms with Crippen molar-refractivity contribution in [3.05, 3.63) is 48.4 Å². The molecule has 5 nitrogen and oxygen atoms in total. The molecule has 1 heterocycles. The number of anilines is 1. The van der Waals surface area contributed by atoms with E-state index in [4.69, 9.17) is 4.42 Å². The van der Waals surface area contributed by atoms with Gasteiger partial charge >= 0.3 is 0 Å². The third-order valence-corrected chi connectivity index (χ3v) is 4.65. The largest absolute Gasteiger partial charge is 0.467 e. The number of benzene rings is 1. The van der Waals surface area contributed by atoms with Crippen molar-refractivity contribution in [3.8, 4) is 0 Å². The normalized spacial score (nSPS) is 15.2. The van der Waals surface area contributed by atoms with Gasteiger partial charge in [-0.05, 0) is 49.2 Å². The highest BCUT2D eigenvalue weighted by atomic mass is 32.2. The number of furan rings is 1. The van der Waals surface area contributed by atoms with Gasteiger partial charge in [-0.25, -0.2) is 13.1 Å². The van der Waals surface area contributed by atoms with E-state index >= 15 is 0 Å². The molecule has 2 N–H and O–H groups in total. The maximum atomic E-state index is 12.0. The van der Waals surface area contributed by atoms with Gasteiger partial charge in [0.25, 0.3) is 0 Å². The molecule has 1 aromatic heterocycles. The molecule has 3 rings (SSSR count). The van der Waals surface area contributed by atoms with Gasteiger partial charge < -0.3 is 9.73 Å². The first-order valence-corrected chi connectivity index (χ1v) is 8.00. The van der Waals surface area contributed by atoms with E-state index in [1.54, 1.807) is 30.5 Å². The first kappa shape index (κ1) is 13.2. The molecular weight excluding hydrogens is 276 g/mol. The Bertz CT molecular complexity index is 659. The highest BCUT2D eigenvalue weighted by molar-refractivity contribution is 7.89. The molecule has 0 radical (unpaired) electrons. The van der Waals surface area contributed by atoms with Crippen molar-refractivity contribution < 1.29 is 12.8 Å². The molecule has 0 spiro atoms. The van der Waals surface area contributed by atoms with Gasteiger partial charge in [0.15, 0.2) is 0 Å². The topological polar surface area (TPSA) is 71.3 Å². The first-order valence-electron chi connectivity index (χ1n) is 6.52. The number of sulfonamides is 1. The van der Waals surface area contributed by atoms with Gasteiger partial charge in [0.2, 0.25) is 10.0 Å². The van der Waals surface area contributed by atoms with E-state index in [2.05, 4.69) is 10.0 Å². The molecule has 0 unspecified atom stereocenters. The van der Waals surface area contributed by atoms with Crippen LogP contribution in [-0.2, 0) is 16.6 Å². The van der Waals surface area contributed by atoms with Crippen LogP contribution in [0, 0.1) is 0 Å². The average Bonchev–Trinajstić information content (AvgIpc) is 3.08. The maximum Gasteiger partial charge on any atom is 0.240 e. The van der Waals surface area contributed by atoms with Crippen LogP contribution in [0.15, 0.2) is 52.0 Å². The molecule has 1 saturated carbocycles. The zero-order valence-electron chi connectivity index (χ0n) is 10.9. The second kappa shape index (κ2) is 5.30. The molecular formula is C14H16N2O3S. The van der Waals surface area contributed by atoms with E-state index in [1.807, 2.05) is 12.1 Å². The van der Waals surface area contributed by atoms with Crippen molar-refractivity contribution in [1.29, 1.82) is 0 Å². The van der Waals surface area contributed by atoms with Gasteiger partial charge in [-0.15, -0.1) is 0 Å². The zero-order valence-corrected chi connectivity index (χ0v) is 11.7. The van der Waals surface area contributed by atoms with E-state index in [9.17, 15) is 8.42 Å². The highest BCUT2D eigenvalue weighted by Gasteiger charge is 2.27. The van der Waals surface area contributed by atoms with Crippen molar-refractivity contribution in [2.24, 2.45) is 0 Å². The molecule has 0 bridgehead atoms. The van der Waals surface area contributed by atoms with Crippen LogP contribution in [0.5, 0.6) is 0 Å². The van der Waals surface area contributed by atoms with Crippen molar-refractivity contribution in [2.75, 3.05) is 5.32 Å². The van der Waals surface area contributed by atoms with E-state index in [1.165, 1.54) is 0 Å². The number of hydrogen-bond donors (Lipinski definition) is 2. The minimum Gasteiger partial charge on any atom is -0.467 e. The molecule has 106 valence electrons. The highest BCUT2D eigenvalue weighted by Crippen LogP contribution is 2.22. The summed E-state index contributed by atoms with van der Waals surface area (Å²) in [6.07, 6.45) is 3.49. The molecule has 6 heteroatoms. The van der Waals surface area contributed by atoms with Crippen LogP contribution >= 0.6 is 0 Å². The van der Waals surface area contributed by atoms with Gasteiger partial charge in [-0.1, -0.05) is 0 Å². The lowest BCUT2D eigenvalue weighted by molar-refractivity contribution is 0.518. The molecule has 1 aliphatic carbocycles. The Morgan fingerprint density at radius 3 is 2.50 bits per heavy atom. The Kier molecular flexibility index (Phi) is 3.50. The summed E-state index contributed by atoms with van der Waals surface area (Å²) in [7, 11) is -3.37. The number of nitrogens with one attached hydrogen (secondary N) is 2. The van der Waals surface area contributed by atoms with Gasteiger partial charge in [0.1, 0.15) is 5.76 Å². The van der Waals surface area contributed by atoms with E-state index in [-0.39, 0.29) is 6.04 Å². The van der Waals surface area contributed by atoms with Gasteiger partial charge in [0.05, 0.1) is 17.7 Å². The molecule has 0 amide bonds. The Morgan fingerprint density at radius 1 is 1.15 bits per heavy atom. The van der Waals surface area contributed by atoms with Gasteiger partial charge in [0, 0.05) is 11.7 Å². The second-order valence-electron chi connectivity index (χ2n) is 4.85. The molecule has 20 heavy (non-hydrogen) atoms. The fourth-order valence-corrected chi connectivity index (χ4v) is 3.15. The van der Waals surface area contributed by atoms with Crippen LogP contribution in [0.1, 0.15) is 18.6 Å². The summed E-state index contributed by atoms with van der Waals surface area (Å²) in [6, 6.07) is 10.6. The predicted molar refractivity (Wildman–Crippen MR) is 75.8 cm³/mol. The lowest BCUT2D eigenvalue weighted by atomic mass is 10.3. The fraction of sp³-hybridized carbons (Fsp3) is 0.286. The van der Waals surface area contributed by atoms with E-state index < -0.39 is 10.0 Å². The molecule has 2 aromatic rings. The van der Waals surface area contributed by atoms with Crippen molar-refractivity contribution >= 4 is 15.7 Å². The maximum absolute atomic E-state index is 12.0. The monoisotopic (exact) mass is 292 g/mol. The van der Waals surface area contributed by atoms with Crippen LogP contribution in [0.3, 0.4) is 0 Å². The summed E-state index contributed by atoms with van der Waals surface area (Å²) in [5, 5.41) is 3.17. The Hall–Kier alpha value is -1.79. The smallest absolute Gasteiger partial charge is 0.240 e. The summed E-state index contributed by atoms with van der Waals surface area (Å²) < 4.78 is 31.9. The number of hydrogen-bond acceptors (Lipinski definition) is 4.